The van der Waals surface area contributed by atoms with E-state index in [1.807, 2.05) is 17.0 Å². The Morgan fingerprint density at radius 2 is 1.93 bits per heavy atom. The summed E-state index contributed by atoms with van der Waals surface area (Å²) >= 11 is 0. The van der Waals surface area contributed by atoms with E-state index < -0.39 is 0 Å². The number of hydrogen-bond acceptors (Lipinski definition) is 3. The molecule has 1 fully saturated rings. The van der Waals surface area contributed by atoms with E-state index in [4.69, 9.17) is 4.74 Å². The second-order valence-electron chi connectivity index (χ2n) is 7.57. The molecule has 2 atom stereocenters. The van der Waals surface area contributed by atoms with E-state index in [1.165, 1.54) is 12.0 Å². The predicted octanol–water partition coefficient (Wildman–Crippen LogP) is 3.76. The van der Waals surface area contributed by atoms with Gasteiger partial charge in [0, 0.05) is 39.1 Å². The Kier molecular flexibility index (Phi) is 12.0. The van der Waals surface area contributed by atoms with Gasteiger partial charge in [0.2, 0.25) is 5.91 Å². The van der Waals surface area contributed by atoms with Gasteiger partial charge in [-0.05, 0) is 56.2 Å². The summed E-state index contributed by atoms with van der Waals surface area (Å²) in [6.45, 7) is 6.70. The largest absolute Gasteiger partial charge is 0.497 e. The SMILES string of the molecule is CN=C(NCCC(=O)N1CCCCC1C)NCCC(C)c1ccc(OC)cc1.I. The van der Waals surface area contributed by atoms with E-state index in [0.717, 1.165) is 44.1 Å². The molecule has 2 N–H and O–H groups in total. The molecule has 2 rings (SSSR count). The minimum absolute atomic E-state index is 0. The lowest BCUT2D eigenvalue weighted by Crippen LogP contribution is -2.44. The van der Waals surface area contributed by atoms with Crippen molar-refractivity contribution in [3.8, 4) is 5.75 Å². The average Bonchev–Trinajstić information content (AvgIpc) is 2.72. The topological polar surface area (TPSA) is 66.0 Å². The number of nitrogens with zero attached hydrogens (tertiary/aromatic N) is 2. The van der Waals surface area contributed by atoms with Crippen LogP contribution in [-0.4, -0.2) is 56.6 Å². The number of methoxy groups -OCH3 is 1. The number of hydrogen-bond donors (Lipinski definition) is 2. The molecule has 7 heteroatoms. The van der Waals surface area contributed by atoms with Crippen molar-refractivity contribution in [3.63, 3.8) is 0 Å². The number of piperidine rings is 1. The molecule has 1 saturated heterocycles. The number of likely N-dealkylation sites (tertiary alicyclic amines) is 1. The van der Waals surface area contributed by atoms with Crippen LogP contribution in [0, 0.1) is 0 Å². The van der Waals surface area contributed by atoms with Gasteiger partial charge in [0.05, 0.1) is 7.11 Å². The van der Waals surface area contributed by atoms with Crippen LogP contribution < -0.4 is 15.4 Å². The molecule has 0 spiro atoms. The molecule has 2 unspecified atom stereocenters. The van der Waals surface area contributed by atoms with Gasteiger partial charge in [-0.2, -0.15) is 0 Å². The molecule has 1 heterocycles. The van der Waals surface area contributed by atoms with Crippen molar-refractivity contribution in [2.45, 2.75) is 57.9 Å². The predicted molar refractivity (Wildman–Crippen MR) is 130 cm³/mol. The summed E-state index contributed by atoms with van der Waals surface area (Å²) in [5.41, 5.74) is 1.30. The van der Waals surface area contributed by atoms with Gasteiger partial charge in [-0.3, -0.25) is 9.79 Å². The molecular formula is C22H37IN4O2. The Bertz CT molecular complexity index is 636. The molecule has 0 saturated carbocycles. The zero-order valence-electron chi connectivity index (χ0n) is 18.2. The summed E-state index contributed by atoms with van der Waals surface area (Å²) in [5.74, 6) is 2.32. The summed E-state index contributed by atoms with van der Waals surface area (Å²) in [6, 6.07) is 8.60. The highest BCUT2D eigenvalue weighted by molar-refractivity contribution is 14.0. The third-order valence-corrected chi connectivity index (χ3v) is 5.53. The first-order valence-corrected chi connectivity index (χ1v) is 10.4. The molecule has 29 heavy (non-hydrogen) atoms. The van der Waals surface area contributed by atoms with Crippen LogP contribution in [0.2, 0.25) is 0 Å². The summed E-state index contributed by atoms with van der Waals surface area (Å²) in [7, 11) is 3.44. The molecule has 6 nitrogen and oxygen atoms in total. The number of rotatable bonds is 8. The van der Waals surface area contributed by atoms with E-state index in [9.17, 15) is 4.79 Å². The van der Waals surface area contributed by atoms with E-state index in [1.54, 1.807) is 14.2 Å². The van der Waals surface area contributed by atoms with Crippen LogP contribution in [0.4, 0.5) is 0 Å². The molecular weight excluding hydrogens is 479 g/mol. The number of amides is 1. The fraction of sp³-hybridized carbons (Fsp3) is 0.636. The third-order valence-electron chi connectivity index (χ3n) is 5.53. The van der Waals surface area contributed by atoms with Gasteiger partial charge >= 0.3 is 0 Å². The van der Waals surface area contributed by atoms with Crippen molar-refractivity contribution in [2.75, 3.05) is 33.8 Å². The second kappa shape index (κ2) is 13.7. The maximum Gasteiger partial charge on any atom is 0.224 e. The number of carbonyl (C=O) groups is 1. The Hall–Kier alpha value is -1.51. The van der Waals surface area contributed by atoms with Gasteiger partial charge in [0.25, 0.3) is 0 Å². The van der Waals surface area contributed by atoms with Crippen molar-refractivity contribution in [1.82, 2.24) is 15.5 Å². The molecule has 1 aliphatic heterocycles. The van der Waals surface area contributed by atoms with Crippen LogP contribution >= 0.6 is 24.0 Å². The van der Waals surface area contributed by atoms with Crippen LogP contribution in [0.3, 0.4) is 0 Å². The van der Waals surface area contributed by atoms with Gasteiger partial charge in [0.1, 0.15) is 5.75 Å². The molecule has 164 valence electrons. The Balaban J connectivity index is 0.00000420. The molecule has 0 aromatic heterocycles. The standard InChI is InChI=1S/C22H36N4O2.HI/c1-17(19-8-10-20(28-4)11-9-19)12-14-24-22(23-3)25-15-13-21(27)26-16-6-5-7-18(26)2;/h8-11,17-18H,5-7,12-16H2,1-4H3,(H2,23,24,25);1H. The Labute approximate surface area is 192 Å². The van der Waals surface area contributed by atoms with Crippen LogP contribution in [-0.2, 0) is 4.79 Å². The maximum absolute atomic E-state index is 12.4. The van der Waals surface area contributed by atoms with Gasteiger partial charge in [-0.15, -0.1) is 24.0 Å². The average molecular weight is 516 g/mol. The maximum atomic E-state index is 12.4. The first-order valence-electron chi connectivity index (χ1n) is 10.4. The first kappa shape index (κ1) is 25.5. The number of benzene rings is 1. The molecule has 1 aromatic carbocycles. The first-order chi connectivity index (χ1) is 13.5. The molecule has 1 aromatic rings. The number of nitrogens with one attached hydrogen (secondary N) is 2. The quantitative estimate of drug-likeness (QED) is 0.314. The highest BCUT2D eigenvalue weighted by atomic mass is 127. The zero-order chi connectivity index (χ0) is 20.4. The minimum Gasteiger partial charge on any atom is -0.497 e. The van der Waals surface area contributed by atoms with Gasteiger partial charge in [0.15, 0.2) is 5.96 Å². The molecule has 0 radical (unpaired) electrons. The summed E-state index contributed by atoms with van der Waals surface area (Å²) in [5, 5.41) is 6.60. The smallest absolute Gasteiger partial charge is 0.224 e. The van der Waals surface area contributed by atoms with Crippen LogP contribution in [0.15, 0.2) is 29.3 Å². The lowest BCUT2D eigenvalue weighted by Gasteiger charge is -2.33. The normalized spacial score (nSPS) is 17.9. The zero-order valence-corrected chi connectivity index (χ0v) is 20.6. The van der Waals surface area contributed by atoms with Crippen molar-refractivity contribution >= 4 is 35.8 Å². The second-order valence-corrected chi connectivity index (χ2v) is 7.57. The monoisotopic (exact) mass is 516 g/mol. The fourth-order valence-corrected chi connectivity index (χ4v) is 3.63. The Morgan fingerprint density at radius 3 is 2.55 bits per heavy atom. The van der Waals surface area contributed by atoms with Gasteiger partial charge < -0.3 is 20.3 Å². The molecule has 1 amide bonds. The lowest BCUT2D eigenvalue weighted by atomic mass is 9.98. The Morgan fingerprint density at radius 1 is 1.24 bits per heavy atom. The summed E-state index contributed by atoms with van der Waals surface area (Å²) in [4.78, 5) is 18.7. The highest BCUT2D eigenvalue weighted by Crippen LogP contribution is 2.21. The van der Waals surface area contributed by atoms with Gasteiger partial charge in [-0.1, -0.05) is 19.1 Å². The fourth-order valence-electron chi connectivity index (χ4n) is 3.63. The van der Waals surface area contributed by atoms with E-state index >= 15 is 0 Å². The van der Waals surface area contributed by atoms with Crippen LogP contribution in [0.25, 0.3) is 0 Å². The molecule has 0 aliphatic carbocycles. The van der Waals surface area contributed by atoms with Crippen LogP contribution in [0.5, 0.6) is 5.75 Å². The van der Waals surface area contributed by atoms with Crippen molar-refractivity contribution in [1.29, 1.82) is 0 Å². The highest BCUT2D eigenvalue weighted by Gasteiger charge is 2.22. The summed E-state index contributed by atoms with van der Waals surface area (Å²) in [6.07, 6.45) is 4.98. The molecule has 0 bridgehead atoms. The van der Waals surface area contributed by atoms with E-state index in [2.05, 4.69) is 41.6 Å². The minimum atomic E-state index is 0. The van der Waals surface area contributed by atoms with Gasteiger partial charge in [-0.25, -0.2) is 0 Å². The number of carbonyl (C=O) groups excluding carboxylic acids is 1. The van der Waals surface area contributed by atoms with Crippen molar-refractivity contribution < 1.29 is 9.53 Å². The third kappa shape index (κ3) is 8.40. The lowest BCUT2D eigenvalue weighted by molar-refractivity contribution is -0.134. The van der Waals surface area contributed by atoms with Crippen LogP contribution in [0.1, 0.15) is 57.4 Å². The number of halogens is 1. The number of guanidine groups is 1. The van der Waals surface area contributed by atoms with Crippen molar-refractivity contribution in [3.05, 3.63) is 29.8 Å². The van der Waals surface area contributed by atoms with E-state index in [-0.39, 0.29) is 29.9 Å². The number of ether oxygens (including phenoxy) is 1. The summed E-state index contributed by atoms with van der Waals surface area (Å²) < 4.78 is 5.21. The van der Waals surface area contributed by atoms with Crippen molar-refractivity contribution in [2.24, 2.45) is 4.99 Å². The number of aliphatic imine (C=N–C) groups is 1. The molecule has 1 aliphatic rings. The van der Waals surface area contributed by atoms with E-state index in [0.29, 0.717) is 24.9 Å².